The average Bonchev–Trinajstić information content (AvgIpc) is 2.51. The molecule has 0 aromatic heterocycles. The van der Waals surface area contributed by atoms with Gasteiger partial charge in [-0.15, -0.1) is 0 Å². The quantitative estimate of drug-likeness (QED) is 0.646. The van der Waals surface area contributed by atoms with E-state index < -0.39 is 18.0 Å². The topological polar surface area (TPSA) is 67.8 Å². The molecule has 5 nitrogen and oxygen atoms in total. The summed E-state index contributed by atoms with van der Waals surface area (Å²) in [7, 11) is 0. The smallest absolute Gasteiger partial charge is 0.341 e. The minimum Gasteiger partial charge on any atom is -0.464 e. The standard InChI is InChI=1S/C16H20N2O3S/c1-3-22-10-9-21-15(19)13-11(2)17-16(20)18-14(13)12-7-5-4-6-8-12/h4-8,13-14H,3,9-10H2,1-2H3,(H,18,20). The van der Waals surface area contributed by atoms with E-state index >= 15 is 0 Å². The van der Waals surface area contributed by atoms with Crippen LogP contribution in [0.4, 0.5) is 4.79 Å². The number of carbonyl (C=O) groups excluding carboxylic acids is 2. The number of hydrogen-bond donors (Lipinski definition) is 1. The van der Waals surface area contributed by atoms with Crippen LogP contribution in [0.5, 0.6) is 0 Å². The second-order valence-corrected chi connectivity index (χ2v) is 6.33. The Morgan fingerprint density at radius 2 is 2.09 bits per heavy atom. The molecule has 118 valence electrons. The van der Waals surface area contributed by atoms with Crippen molar-refractivity contribution >= 4 is 29.5 Å². The first-order valence-electron chi connectivity index (χ1n) is 7.28. The van der Waals surface area contributed by atoms with Crippen molar-refractivity contribution in [2.75, 3.05) is 18.1 Å². The maximum Gasteiger partial charge on any atom is 0.341 e. The number of esters is 1. The Labute approximate surface area is 134 Å². The molecule has 0 saturated carbocycles. The van der Waals surface area contributed by atoms with Crippen molar-refractivity contribution in [3.63, 3.8) is 0 Å². The van der Waals surface area contributed by atoms with E-state index in [2.05, 4.69) is 17.2 Å². The number of urea groups is 1. The molecule has 22 heavy (non-hydrogen) atoms. The van der Waals surface area contributed by atoms with Gasteiger partial charge in [0.15, 0.2) is 0 Å². The lowest BCUT2D eigenvalue weighted by molar-refractivity contribution is -0.146. The summed E-state index contributed by atoms with van der Waals surface area (Å²) in [5, 5.41) is 2.76. The zero-order chi connectivity index (χ0) is 15.9. The number of nitrogens with one attached hydrogen (secondary N) is 1. The van der Waals surface area contributed by atoms with Crippen LogP contribution in [0.2, 0.25) is 0 Å². The van der Waals surface area contributed by atoms with Gasteiger partial charge >= 0.3 is 12.0 Å². The van der Waals surface area contributed by atoms with Crippen LogP contribution < -0.4 is 5.32 Å². The summed E-state index contributed by atoms with van der Waals surface area (Å²) in [6.45, 7) is 4.13. The van der Waals surface area contributed by atoms with E-state index in [0.29, 0.717) is 12.3 Å². The van der Waals surface area contributed by atoms with E-state index in [0.717, 1.165) is 17.1 Å². The van der Waals surface area contributed by atoms with Crippen LogP contribution in [0.25, 0.3) is 0 Å². The van der Waals surface area contributed by atoms with Crippen molar-refractivity contribution in [2.24, 2.45) is 10.9 Å². The van der Waals surface area contributed by atoms with Gasteiger partial charge in [0.2, 0.25) is 0 Å². The van der Waals surface area contributed by atoms with Crippen LogP contribution in [-0.2, 0) is 9.53 Å². The highest BCUT2D eigenvalue weighted by Crippen LogP contribution is 2.27. The maximum atomic E-state index is 12.4. The van der Waals surface area contributed by atoms with Crippen molar-refractivity contribution in [1.82, 2.24) is 5.32 Å². The second-order valence-electron chi connectivity index (χ2n) is 4.93. The SMILES string of the molecule is CCSCCOC(=O)C1C(C)=NC(=O)NC1c1ccccc1. The Balaban J connectivity index is 2.14. The first-order chi connectivity index (χ1) is 10.6. The molecule has 0 fully saturated rings. The van der Waals surface area contributed by atoms with E-state index in [1.165, 1.54) is 0 Å². The second kappa shape index (κ2) is 7.98. The molecule has 0 aliphatic carbocycles. The van der Waals surface area contributed by atoms with Gasteiger partial charge in [0.05, 0.1) is 6.04 Å². The molecule has 1 aromatic carbocycles. The van der Waals surface area contributed by atoms with E-state index in [-0.39, 0.29) is 5.97 Å². The van der Waals surface area contributed by atoms with Gasteiger partial charge in [-0.1, -0.05) is 37.3 Å². The summed E-state index contributed by atoms with van der Waals surface area (Å²) in [4.78, 5) is 27.9. The molecule has 2 unspecified atom stereocenters. The highest BCUT2D eigenvalue weighted by molar-refractivity contribution is 7.99. The van der Waals surface area contributed by atoms with E-state index in [1.807, 2.05) is 30.3 Å². The normalized spacial score (nSPS) is 21.0. The van der Waals surface area contributed by atoms with E-state index in [1.54, 1.807) is 18.7 Å². The third kappa shape index (κ3) is 4.10. The van der Waals surface area contributed by atoms with Crippen molar-refractivity contribution in [1.29, 1.82) is 0 Å². The number of benzene rings is 1. The van der Waals surface area contributed by atoms with Crippen LogP contribution in [0.3, 0.4) is 0 Å². The molecule has 1 aliphatic rings. The molecule has 0 bridgehead atoms. The monoisotopic (exact) mass is 320 g/mol. The molecular weight excluding hydrogens is 300 g/mol. The molecule has 0 spiro atoms. The summed E-state index contributed by atoms with van der Waals surface area (Å²) in [5.41, 5.74) is 1.36. The van der Waals surface area contributed by atoms with Gasteiger partial charge in [0.1, 0.15) is 12.5 Å². The van der Waals surface area contributed by atoms with Gasteiger partial charge in [-0.3, -0.25) is 4.79 Å². The van der Waals surface area contributed by atoms with Crippen LogP contribution >= 0.6 is 11.8 Å². The first kappa shape index (κ1) is 16.5. The number of hydrogen-bond acceptors (Lipinski definition) is 4. The van der Waals surface area contributed by atoms with Crippen molar-refractivity contribution < 1.29 is 14.3 Å². The van der Waals surface area contributed by atoms with Crippen LogP contribution in [-0.4, -0.2) is 35.8 Å². The zero-order valence-electron chi connectivity index (χ0n) is 12.7. The minimum atomic E-state index is -0.577. The molecule has 6 heteroatoms. The molecule has 1 N–H and O–H groups in total. The Kier molecular flexibility index (Phi) is 6.00. The molecule has 1 aromatic rings. The van der Waals surface area contributed by atoms with Crippen LogP contribution in [0, 0.1) is 5.92 Å². The Morgan fingerprint density at radius 1 is 1.36 bits per heavy atom. The third-order valence-electron chi connectivity index (χ3n) is 3.43. The molecule has 2 amide bonds. The Hall–Kier alpha value is -1.82. The van der Waals surface area contributed by atoms with Gasteiger partial charge in [-0.25, -0.2) is 9.79 Å². The van der Waals surface area contributed by atoms with E-state index in [4.69, 9.17) is 4.74 Å². The molecule has 2 rings (SSSR count). The van der Waals surface area contributed by atoms with Gasteiger partial charge in [-0.2, -0.15) is 11.8 Å². The molecular formula is C16H20N2O3S. The number of nitrogens with zero attached hydrogens (tertiary/aromatic N) is 1. The van der Waals surface area contributed by atoms with Gasteiger partial charge in [-0.05, 0) is 18.2 Å². The first-order valence-corrected chi connectivity index (χ1v) is 8.44. The zero-order valence-corrected chi connectivity index (χ0v) is 13.6. The number of thioether (sulfide) groups is 1. The van der Waals surface area contributed by atoms with E-state index in [9.17, 15) is 9.59 Å². The third-order valence-corrected chi connectivity index (χ3v) is 4.29. The van der Waals surface area contributed by atoms with Crippen molar-refractivity contribution in [3.05, 3.63) is 35.9 Å². The average molecular weight is 320 g/mol. The number of carbonyl (C=O) groups is 2. The maximum absolute atomic E-state index is 12.4. The largest absolute Gasteiger partial charge is 0.464 e. The van der Waals surface area contributed by atoms with Gasteiger partial charge in [0.25, 0.3) is 0 Å². The number of amides is 2. The van der Waals surface area contributed by atoms with Crippen LogP contribution in [0.1, 0.15) is 25.5 Å². The fraction of sp³-hybridized carbons (Fsp3) is 0.438. The number of rotatable bonds is 6. The lowest BCUT2D eigenvalue weighted by atomic mass is 9.88. The minimum absolute atomic E-state index is 0.341. The van der Waals surface area contributed by atoms with Gasteiger partial charge < -0.3 is 10.1 Å². The number of ether oxygens (including phenoxy) is 1. The Morgan fingerprint density at radius 3 is 2.77 bits per heavy atom. The molecule has 0 saturated heterocycles. The fourth-order valence-electron chi connectivity index (χ4n) is 2.40. The lowest BCUT2D eigenvalue weighted by Crippen LogP contribution is -2.44. The summed E-state index contributed by atoms with van der Waals surface area (Å²) >= 11 is 1.72. The summed E-state index contributed by atoms with van der Waals surface area (Å²) < 4.78 is 5.35. The predicted octanol–water partition coefficient (Wildman–Crippen LogP) is 2.82. The highest BCUT2D eigenvalue weighted by Gasteiger charge is 2.37. The highest BCUT2D eigenvalue weighted by atomic mass is 32.2. The molecule has 1 heterocycles. The summed E-state index contributed by atoms with van der Waals surface area (Å²) in [6.07, 6.45) is 0. The predicted molar refractivity (Wildman–Crippen MR) is 88.3 cm³/mol. The molecule has 0 radical (unpaired) electrons. The fourth-order valence-corrected chi connectivity index (χ4v) is 2.89. The number of aliphatic imine (C=N–C) groups is 1. The van der Waals surface area contributed by atoms with Crippen molar-refractivity contribution in [3.8, 4) is 0 Å². The van der Waals surface area contributed by atoms with Crippen LogP contribution in [0.15, 0.2) is 35.3 Å². The van der Waals surface area contributed by atoms with Crippen molar-refractivity contribution in [2.45, 2.75) is 19.9 Å². The molecule has 2 atom stereocenters. The van der Waals surface area contributed by atoms with Gasteiger partial charge in [0, 0.05) is 11.5 Å². The summed E-state index contributed by atoms with van der Waals surface area (Å²) in [6, 6.07) is 8.57. The molecule has 1 aliphatic heterocycles. The Bertz CT molecular complexity index is 560. The summed E-state index contributed by atoms with van der Waals surface area (Å²) in [5.74, 6) is 0.844. The lowest BCUT2D eigenvalue weighted by Gasteiger charge is -2.29.